The zero-order valence-electron chi connectivity index (χ0n) is 18.4. The molecular formula is C27H22N2O4S. The maximum Gasteiger partial charge on any atom is 0.336 e. The first-order valence-electron chi connectivity index (χ1n) is 11.4. The van der Waals surface area contributed by atoms with Crippen molar-refractivity contribution < 1.29 is 9.15 Å². The molecule has 2 aromatic heterocycles. The van der Waals surface area contributed by atoms with Crippen LogP contribution in [0.25, 0.3) is 32.6 Å². The maximum absolute atomic E-state index is 13.4. The van der Waals surface area contributed by atoms with Crippen molar-refractivity contribution in [1.29, 1.82) is 0 Å². The molecule has 0 aliphatic carbocycles. The Bertz CT molecular complexity index is 1650. The lowest BCUT2D eigenvalue weighted by Gasteiger charge is -2.17. The van der Waals surface area contributed by atoms with Gasteiger partial charge in [0.15, 0.2) is 5.16 Å². The summed E-state index contributed by atoms with van der Waals surface area (Å²) in [6, 6.07) is 20.8. The summed E-state index contributed by atoms with van der Waals surface area (Å²) < 4.78 is 13.0. The lowest BCUT2D eigenvalue weighted by molar-refractivity contribution is 0.0937. The lowest BCUT2D eigenvalue weighted by atomic mass is 10.0. The van der Waals surface area contributed by atoms with Crippen LogP contribution in [0.1, 0.15) is 18.4 Å². The van der Waals surface area contributed by atoms with Gasteiger partial charge in [0.2, 0.25) is 0 Å². The number of benzene rings is 3. The van der Waals surface area contributed by atoms with Crippen LogP contribution in [0, 0.1) is 0 Å². The number of para-hydroxylation sites is 1. The van der Waals surface area contributed by atoms with Gasteiger partial charge in [0.1, 0.15) is 5.58 Å². The Morgan fingerprint density at radius 3 is 2.68 bits per heavy atom. The van der Waals surface area contributed by atoms with Crippen molar-refractivity contribution in [2.24, 2.45) is 0 Å². The fourth-order valence-corrected chi connectivity index (χ4v) is 5.68. The van der Waals surface area contributed by atoms with Gasteiger partial charge in [0.05, 0.1) is 23.6 Å². The number of aromatic nitrogens is 2. The highest BCUT2D eigenvalue weighted by atomic mass is 32.2. The molecule has 0 N–H and O–H groups in total. The third-order valence-electron chi connectivity index (χ3n) is 6.31. The molecule has 5 aromatic rings. The van der Waals surface area contributed by atoms with Crippen molar-refractivity contribution >= 4 is 44.4 Å². The molecule has 7 heteroatoms. The summed E-state index contributed by atoms with van der Waals surface area (Å²) in [5.74, 6) is 0.479. The Hall–Kier alpha value is -3.42. The molecule has 170 valence electrons. The fourth-order valence-electron chi connectivity index (χ4n) is 4.69. The summed E-state index contributed by atoms with van der Waals surface area (Å²) in [6.07, 6.45) is 1.94. The van der Waals surface area contributed by atoms with E-state index in [2.05, 4.69) is 0 Å². The summed E-state index contributed by atoms with van der Waals surface area (Å²) in [7, 11) is 0. The molecule has 1 aliphatic rings. The van der Waals surface area contributed by atoms with Gasteiger partial charge >= 0.3 is 5.63 Å². The van der Waals surface area contributed by atoms with Crippen LogP contribution in [0.3, 0.4) is 0 Å². The van der Waals surface area contributed by atoms with E-state index >= 15 is 0 Å². The number of ether oxygens (including phenoxy) is 1. The van der Waals surface area contributed by atoms with Gasteiger partial charge < -0.3 is 9.15 Å². The second-order valence-electron chi connectivity index (χ2n) is 8.50. The quantitative estimate of drug-likeness (QED) is 0.153. The van der Waals surface area contributed by atoms with Crippen LogP contribution >= 0.6 is 11.8 Å². The highest BCUT2D eigenvalue weighted by Crippen LogP contribution is 2.31. The zero-order valence-corrected chi connectivity index (χ0v) is 19.2. The average Bonchev–Trinajstić information content (AvgIpc) is 3.37. The summed E-state index contributed by atoms with van der Waals surface area (Å²) in [6.45, 7) is 1.20. The van der Waals surface area contributed by atoms with Gasteiger partial charge in [0, 0.05) is 23.8 Å². The van der Waals surface area contributed by atoms with Crippen LogP contribution in [0.2, 0.25) is 0 Å². The molecule has 3 aromatic carbocycles. The predicted molar refractivity (Wildman–Crippen MR) is 135 cm³/mol. The van der Waals surface area contributed by atoms with E-state index in [4.69, 9.17) is 14.1 Å². The van der Waals surface area contributed by atoms with E-state index in [-0.39, 0.29) is 17.3 Å². The Kier molecular flexibility index (Phi) is 5.43. The summed E-state index contributed by atoms with van der Waals surface area (Å²) in [5, 5.41) is 4.25. The molecule has 1 atom stereocenters. The Labute approximate surface area is 199 Å². The average molecular weight is 471 g/mol. The smallest absolute Gasteiger partial charge is 0.336 e. The van der Waals surface area contributed by atoms with Crippen molar-refractivity contribution in [2.75, 3.05) is 6.61 Å². The highest BCUT2D eigenvalue weighted by molar-refractivity contribution is 7.98. The normalized spacial score (nSPS) is 16.1. The second-order valence-corrected chi connectivity index (χ2v) is 9.44. The maximum atomic E-state index is 13.4. The lowest BCUT2D eigenvalue weighted by Crippen LogP contribution is -2.28. The van der Waals surface area contributed by atoms with Crippen molar-refractivity contribution in [3.05, 3.63) is 93.1 Å². The standard InChI is InChI=1S/C27H22N2O4S/c30-24-14-18(25-20-8-2-1-6-17(20)11-12-23(25)33-24)16-34-27-28-22-10-4-3-9-21(22)26(31)29(27)15-19-7-5-13-32-19/h1-4,6,8-12,14,19H,5,7,13,15-16H2/t19-/m1/s1. The van der Waals surface area contributed by atoms with Gasteiger partial charge in [-0.2, -0.15) is 0 Å². The van der Waals surface area contributed by atoms with Crippen LogP contribution in [-0.4, -0.2) is 22.3 Å². The summed E-state index contributed by atoms with van der Waals surface area (Å²) in [5.41, 5.74) is 1.64. The molecule has 1 saturated heterocycles. The molecule has 0 radical (unpaired) electrons. The molecule has 1 aliphatic heterocycles. The van der Waals surface area contributed by atoms with E-state index in [1.165, 1.54) is 11.8 Å². The van der Waals surface area contributed by atoms with Crippen molar-refractivity contribution in [3.8, 4) is 0 Å². The fraction of sp³-hybridized carbons (Fsp3) is 0.222. The number of hydrogen-bond acceptors (Lipinski definition) is 6. The van der Waals surface area contributed by atoms with Gasteiger partial charge in [-0.05, 0) is 47.4 Å². The second kappa shape index (κ2) is 8.74. The SMILES string of the molecule is O=c1cc(CSc2nc3ccccc3c(=O)n2C[C@H]2CCCO2)c2c(ccc3ccccc32)o1. The van der Waals surface area contributed by atoms with Gasteiger partial charge in [0.25, 0.3) is 5.56 Å². The molecule has 0 amide bonds. The Morgan fingerprint density at radius 2 is 1.82 bits per heavy atom. The van der Waals surface area contributed by atoms with Gasteiger partial charge in [-0.1, -0.05) is 54.2 Å². The molecule has 0 unspecified atom stereocenters. The minimum atomic E-state index is -0.387. The molecule has 0 spiro atoms. The highest BCUT2D eigenvalue weighted by Gasteiger charge is 2.21. The molecule has 3 heterocycles. The van der Waals surface area contributed by atoms with E-state index in [0.717, 1.165) is 41.2 Å². The van der Waals surface area contributed by atoms with E-state index in [1.807, 2.05) is 60.7 Å². The first-order valence-corrected chi connectivity index (χ1v) is 12.3. The molecule has 34 heavy (non-hydrogen) atoms. The number of nitrogens with zero attached hydrogens (tertiary/aromatic N) is 2. The molecule has 0 bridgehead atoms. The van der Waals surface area contributed by atoms with E-state index in [0.29, 0.717) is 33.9 Å². The number of rotatable bonds is 5. The minimum absolute atomic E-state index is 0.00792. The molecule has 6 nitrogen and oxygen atoms in total. The van der Waals surface area contributed by atoms with Crippen molar-refractivity contribution in [3.63, 3.8) is 0 Å². The number of thioether (sulfide) groups is 1. The van der Waals surface area contributed by atoms with Gasteiger partial charge in [-0.3, -0.25) is 9.36 Å². The van der Waals surface area contributed by atoms with Gasteiger partial charge in [-0.25, -0.2) is 9.78 Å². The third kappa shape index (κ3) is 3.81. The monoisotopic (exact) mass is 470 g/mol. The van der Waals surface area contributed by atoms with Gasteiger partial charge in [-0.15, -0.1) is 0 Å². The third-order valence-corrected chi connectivity index (χ3v) is 7.33. The van der Waals surface area contributed by atoms with Crippen molar-refractivity contribution in [1.82, 2.24) is 9.55 Å². The minimum Gasteiger partial charge on any atom is -0.423 e. The summed E-state index contributed by atoms with van der Waals surface area (Å²) >= 11 is 1.46. The number of hydrogen-bond donors (Lipinski definition) is 0. The van der Waals surface area contributed by atoms with Crippen LogP contribution in [0.5, 0.6) is 0 Å². The van der Waals surface area contributed by atoms with Crippen LogP contribution in [0.15, 0.2) is 85.9 Å². The largest absolute Gasteiger partial charge is 0.423 e. The van der Waals surface area contributed by atoms with Crippen LogP contribution in [-0.2, 0) is 17.0 Å². The molecular weight excluding hydrogens is 448 g/mol. The Morgan fingerprint density at radius 1 is 1.00 bits per heavy atom. The van der Waals surface area contributed by atoms with E-state index < -0.39 is 0 Å². The predicted octanol–water partition coefficient (Wildman–Crippen LogP) is 5.13. The van der Waals surface area contributed by atoms with Crippen LogP contribution in [0.4, 0.5) is 0 Å². The molecule has 1 fully saturated rings. The topological polar surface area (TPSA) is 74.3 Å². The van der Waals surface area contributed by atoms with E-state index in [1.54, 1.807) is 10.6 Å². The molecule has 6 rings (SSSR count). The van der Waals surface area contributed by atoms with E-state index in [9.17, 15) is 9.59 Å². The first-order chi connectivity index (χ1) is 16.7. The first kappa shape index (κ1) is 21.1. The molecule has 0 saturated carbocycles. The zero-order chi connectivity index (χ0) is 23.1. The Balaban J connectivity index is 1.45. The number of fused-ring (bicyclic) bond motifs is 4. The van der Waals surface area contributed by atoms with Crippen molar-refractivity contribution in [2.45, 2.75) is 36.4 Å². The van der Waals surface area contributed by atoms with Crippen LogP contribution < -0.4 is 11.2 Å². The summed E-state index contributed by atoms with van der Waals surface area (Å²) in [4.78, 5) is 30.5.